The van der Waals surface area contributed by atoms with Crippen LogP contribution in [0.25, 0.3) is 10.9 Å². The molecule has 1 atom stereocenters. The van der Waals surface area contributed by atoms with E-state index in [0.717, 1.165) is 56.6 Å². The fraction of sp³-hybridized carbons (Fsp3) is 0.344. The third-order valence-electron chi connectivity index (χ3n) is 7.47. The Hall–Kier alpha value is -3.56. The number of carbonyl (C=O) groups excluding carboxylic acids is 3. The molecule has 2 amide bonds. The van der Waals surface area contributed by atoms with E-state index in [1.807, 2.05) is 63.4 Å². The summed E-state index contributed by atoms with van der Waals surface area (Å²) in [6.07, 6.45) is 4.83. The molecule has 4 aromatic rings. The molecule has 1 aliphatic carbocycles. The van der Waals surface area contributed by atoms with Gasteiger partial charge in [0.2, 0.25) is 5.91 Å². The lowest BCUT2D eigenvalue weighted by molar-refractivity contribution is -0.115. The number of aryl methyl sites for hydroxylation is 3. The summed E-state index contributed by atoms with van der Waals surface area (Å²) in [5.74, 6) is -0.612. The number of amides is 2. The zero-order valence-electron chi connectivity index (χ0n) is 23.8. The number of hydrogen-bond acceptors (Lipinski definition) is 6. The average Bonchev–Trinajstić information content (AvgIpc) is 3.64. The first-order chi connectivity index (χ1) is 19.8. The van der Waals surface area contributed by atoms with E-state index < -0.39 is 5.25 Å². The first-order valence-electron chi connectivity index (χ1n) is 14.0. The number of nitrogens with one attached hydrogen (secondary N) is 2. The van der Waals surface area contributed by atoms with Gasteiger partial charge in [-0.15, -0.1) is 23.1 Å². The van der Waals surface area contributed by atoms with Crippen molar-refractivity contribution in [3.05, 3.63) is 81.4 Å². The Balaban J connectivity index is 1.27. The lowest BCUT2D eigenvalue weighted by Crippen LogP contribution is -2.27. The highest BCUT2D eigenvalue weighted by Crippen LogP contribution is 2.40. The van der Waals surface area contributed by atoms with E-state index in [1.165, 1.54) is 23.1 Å². The number of fused-ring (bicyclic) bond motifs is 2. The summed E-state index contributed by atoms with van der Waals surface area (Å²) in [5.41, 5.74) is 5.50. The van der Waals surface area contributed by atoms with Gasteiger partial charge in [0.05, 0.1) is 17.4 Å². The van der Waals surface area contributed by atoms with Crippen LogP contribution in [0.1, 0.15) is 62.6 Å². The Morgan fingerprint density at radius 1 is 1.10 bits per heavy atom. The molecule has 1 aliphatic rings. The zero-order valence-corrected chi connectivity index (χ0v) is 25.5. The summed E-state index contributed by atoms with van der Waals surface area (Å²) in [7, 11) is 0. The van der Waals surface area contributed by atoms with Crippen LogP contribution in [0, 0.1) is 13.8 Å². The zero-order chi connectivity index (χ0) is 29.1. The van der Waals surface area contributed by atoms with Crippen LogP contribution in [0.2, 0.25) is 0 Å². The van der Waals surface area contributed by atoms with Gasteiger partial charge in [-0.3, -0.25) is 9.59 Å². The molecule has 7 nitrogen and oxygen atoms in total. The molecular formula is C32H35N3O4S2. The highest BCUT2D eigenvalue weighted by atomic mass is 32.2. The van der Waals surface area contributed by atoms with E-state index in [-0.39, 0.29) is 17.8 Å². The molecule has 41 heavy (non-hydrogen) atoms. The molecule has 0 aliphatic heterocycles. The van der Waals surface area contributed by atoms with E-state index >= 15 is 0 Å². The standard InChI is InChI=1S/C32H35N3O4S2/c1-5-39-32(38)28-24-10-8-12-26(24)41-31(28)34-29(36)21(4)40-27-18-35(25-11-7-6-9-23(25)27)16-15-33-30(37)22-14-13-19(2)20(3)17-22/h6-7,9,11,13-14,17-18,21H,5,8,10,12,15-16H2,1-4H3,(H,33,37)(H,34,36)/t21-/m1/s1. The number of para-hydroxylation sites is 1. The van der Waals surface area contributed by atoms with Crippen LogP contribution in [0.4, 0.5) is 5.00 Å². The Morgan fingerprint density at radius 3 is 2.68 bits per heavy atom. The van der Waals surface area contributed by atoms with E-state index in [0.29, 0.717) is 35.8 Å². The van der Waals surface area contributed by atoms with Gasteiger partial charge in [0.15, 0.2) is 0 Å². The van der Waals surface area contributed by atoms with Crippen molar-refractivity contribution in [3.8, 4) is 0 Å². The van der Waals surface area contributed by atoms with Crippen molar-refractivity contribution < 1.29 is 19.1 Å². The molecule has 0 radical (unpaired) electrons. The largest absolute Gasteiger partial charge is 0.462 e. The quantitative estimate of drug-likeness (QED) is 0.162. The lowest BCUT2D eigenvalue weighted by Gasteiger charge is -2.12. The van der Waals surface area contributed by atoms with Crippen molar-refractivity contribution >= 4 is 56.8 Å². The number of rotatable bonds is 10. The number of esters is 1. The number of ether oxygens (including phenoxy) is 1. The molecule has 2 heterocycles. The van der Waals surface area contributed by atoms with Gasteiger partial charge in [0.1, 0.15) is 5.00 Å². The molecule has 9 heteroatoms. The van der Waals surface area contributed by atoms with Gasteiger partial charge in [-0.05, 0) is 81.8 Å². The van der Waals surface area contributed by atoms with Crippen molar-refractivity contribution in [2.45, 2.75) is 63.6 Å². The Labute approximate surface area is 248 Å². The van der Waals surface area contributed by atoms with Gasteiger partial charge in [0, 0.05) is 45.5 Å². The maximum absolute atomic E-state index is 13.3. The van der Waals surface area contributed by atoms with Gasteiger partial charge in [-0.1, -0.05) is 24.3 Å². The van der Waals surface area contributed by atoms with Crippen LogP contribution in [0.3, 0.4) is 0 Å². The van der Waals surface area contributed by atoms with Gasteiger partial charge >= 0.3 is 5.97 Å². The molecule has 2 aromatic carbocycles. The van der Waals surface area contributed by atoms with Crippen LogP contribution < -0.4 is 10.6 Å². The molecule has 0 fully saturated rings. The monoisotopic (exact) mass is 589 g/mol. The summed E-state index contributed by atoms with van der Waals surface area (Å²) in [6, 6.07) is 13.8. The molecule has 214 valence electrons. The SMILES string of the molecule is CCOC(=O)c1c(NC(=O)[C@@H](C)Sc2cn(CCNC(=O)c3ccc(C)c(C)c3)c3ccccc23)sc2c1CCC2. The van der Waals surface area contributed by atoms with E-state index in [4.69, 9.17) is 4.74 Å². The van der Waals surface area contributed by atoms with Crippen molar-refractivity contribution in [2.24, 2.45) is 0 Å². The highest BCUT2D eigenvalue weighted by molar-refractivity contribution is 8.00. The molecule has 0 unspecified atom stereocenters. The molecular weight excluding hydrogens is 555 g/mol. The predicted octanol–water partition coefficient (Wildman–Crippen LogP) is 6.53. The number of carbonyl (C=O) groups is 3. The Kier molecular flexibility index (Phi) is 8.85. The fourth-order valence-electron chi connectivity index (χ4n) is 5.14. The topological polar surface area (TPSA) is 89.4 Å². The third-order valence-corrected chi connectivity index (χ3v) is 9.82. The summed E-state index contributed by atoms with van der Waals surface area (Å²) < 4.78 is 7.42. The van der Waals surface area contributed by atoms with Crippen LogP contribution in [0.15, 0.2) is 53.6 Å². The fourth-order valence-corrected chi connectivity index (χ4v) is 7.45. The summed E-state index contributed by atoms with van der Waals surface area (Å²) in [6.45, 7) is 9.07. The van der Waals surface area contributed by atoms with Crippen LogP contribution in [0.5, 0.6) is 0 Å². The second-order valence-electron chi connectivity index (χ2n) is 10.3. The van der Waals surface area contributed by atoms with E-state index in [1.54, 1.807) is 6.92 Å². The Morgan fingerprint density at radius 2 is 1.90 bits per heavy atom. The normalized spacial score (nSPS) is 13.2. The number of thiophene rings is 1. The number of aromatic nitrogens is 1. The van der Waals surface area contributed by atoms with Gasteiger partial charge in [-0.25, -0.2) is 4.79 Å². The number of nitrogens with zero attached hydrogens (tertiary/aromatic N) is 1. The number of benzene rings is 2. The minimum absolute atomic E-state index is 0.0915. The highest BCUT2D eigenvalue weighted by Gasteiger charge is 2.29. The van der Waals surface area contributed by atoms with Crippen molar-refractivity contribution in [3.63, 3.8) is 0 Å². The summed E-state index contributed by atoms with van der Waals surface area (Å²) in [4.78, 5) is 40.9. The van der Waals surface area contributed by atoms with Gasteiger partial charge in [0.25, 0.3) is 5.91 Å². The van der Waals surface area contributed by atoms with Crippen molar-refractivity contribution in [1.29, 1.82) is 0 Å². The van der Waals surface area contributed by atoms with Crippen LogP contribution in [-0.4, -0.2) is 40.8 Å². The first kappa shape index (κ1) is 29.0. The minimum Gasteiger partial charge on any atom is -0.462 e. The molecule has 2 aromatic heterocycles. The molecule has 0 saturated carbocycles. The van der Waals surface area contributed by atoms with Gasteiger partial charge < -0.3 is 19.9 Å². The molecule has 0 bridgehead atoms. The van der Waals surface area contributed by atoms with E-state index in [9.17, 15) is 14.4 Å². The first-order valence-corrected chi connectivity index (χ1v) is 15.7. The maximum atomic E-state index is 13.3. The van der Waals surface area contributed by atoms with Crippen molar-refractivity contribution in [1.82, 2.24) is 9.88 Å². The smallest absolute Gasteiger partial charge is 0.341 e. The van der Waals surface area contributed by atoms with E-state index in [2.05, 4.69) is 21.3 Å². The molecule has 0 saturated heterocycles. The molecule has 5 rings (SSSR count). The maximum Gasteiger partial charge on any atom is 0.341 e. The van der Waals surface area contributed by atoms with Crippen LogP contribution in [-0.2, 0) is 28.9 Å². The second kappa shape index (κ2) is 12.5. The lowest BCUT2D eigenvalue weighted by atomic mass is 10.1. The van der Waals surface area contributed by atoms with Crippen molar-refractivity contribution in [2.75, 3.05) is 18.5 Å². The number of hydrogen-bond donors (Lipinski definition) is 2. The molecule has 2 N–H and O–H groups in total. The summed E-state index contributed by atoms with van der Waals surface area (Å²) >= 11 is 2.98. The summed E-state index contributed by atoms with van der Waals surface area (Å²) in [5, 5.41) is 7.30. The van der Waals surface area contributed by atoms with Crippen LogP contribution >= 0.6 is 23.1 Å². The third kappa shape index (κ3) is 6.21. The predicted molar refractivity (Wildman–Crippen MR) is 166 cm³/mol. The average molecular weight is 590 g/mol. The second-order valence-corrected chi connectivity index (χ2v) is 12.8. The van der Waals surface area contributed by atoms with Gasteiger partial charge in [-0.2, -0.15) is 0 Å². The minimum atomic E-state index is -0.397. The Bertz CT molecular complexity index is 1620. The molecule has 0 spiro atoms. The number of thioether (sulfide) groups is 1. The number of anilines is 1.